The van der Waals surface area contributed by atoms with Crippen molar-refractivity contribution >= 4 is 17.4 Å². The molecule has 3 heteroatoms. The Morgan fingerprint density at radius 3 is 2.63 bits per heavy atom. The van der Waals surface area contributed by atoms with Crippen molar-refractivity contribution in [2.45, 2.75) is 19.8 Å². The smallest absolute Gasteiger partial charge is 0.163 e. The molecule has 2 aromatic rings. The molecule has 0 spiro atoms. The van der Waals surface area contributed by atoms with E-state index in [0.717, 1.165) is 11.1 Å². The third kappa shape index (κ3) is 3.42. The van der Waals surface area contributed by atoms with Crippen LogP contribution >= 0.6 is 11.6 Å². The van der Waals surface area contributed by atoms with Gasteiger partial charge < -0.3 is 0 Å². The van der Waals surface area contributed by atoms with Gasteiger partial charge in [-0.3, -0.25) is 4.79 Å². The molecule has 0 bridgehead atoms. The van der Waals surface area contributed by atoms with Gasteiger partial charge in [0.1, 0.15) is 5.82 Å². The van der Waals surface area contributed by atoms with Crippen LogP contribution in [-0.4, -0.2) is 5.78 Å². The molecule has 1 nitrogen and oxygen atoms in total. The van der Waals surface area contributed by atoms with E-state index in [-0.39, 0.29) is 10.8 Å². The monoisotopic (exact) mass is 276 g/mol. The highest BCUT2D eigenvalue weighted by Crippen LogP contribution is 2.18. The van der Waals surface area contributed by atoms with Gasteiger partial charge in [-0.05, 0) is 42.7 Å². The summed E-state index contributed by atoms with van der Waals surface area (Å²) in [5, 5.41) is 0.0375. The largest absolute Gasteiger partial charge is 0.294 e. The first-order valence-corrected chi connectivity index (χ1v) is 6.48. The van der Waals surface area contributed by atoms with Crippen molar-refractivity contribution < 1.29 is 9.18 Å². The van der Waals surface area contributed by atoms with Crippen LogP contribution in [0.1, 0.15) is 27.9 Å². The number of carbonyl (C=O) groups is 1. The number of ketones is 1. The average Bonchev–Trinajstić information content (AvgIpc) is 2.40. The first-order chi connectivity index (χ1) is 9.08. The van der Waals surface area contributed by atoms with E-state index in [1.54, 1.807) is 6.07 Å². The molecule has 98 valence electrons. The molecule has 0 N–H and O–H groups in total. The minimum Gasteiger partial charge on any atom is -0.294 e. The molecule has 0 aliphatic rings. The zero-order valence-electron chi connectivity index (χ0n) is 10.6. The maximum Gasteiger partial charge on any atom is 0.163 e. The summed E-state index contributed by atoms with van der Waals surface area (Å²) in [5.41, 5.74) is 2.68. The van der Waals surface area contributed by atoms with E-state index in [1.807, 2.05) is 31.2 Å². The minimum absolute atomic E-state index is 0.0375. The van der Waals surface area contributed by atoms with Crippen molar-refractivity contribution in [1.29, 1.82) is 0 Å². The molecule has 0 aliphatic heterocycles. The van der Waals surface area contributed by atoms with Crippen LogP contribution < -0.4 is 0 Å². The summed E-state index contributed by atoms with van der Waals surface area (Å²) in [6, 6.07) is 12.1. The maximum absolute atomic E-state index is 13.3. The third-order valence-corrected chi connectivity index (χ3v) is 3.43. The zero-order chi connectivity index (χ0) is 13.8. The Bertz CT molecular complexity index is 607. The first kappa shape index (κ1) is 13.8. The van der Waals surface area contributed by atoms with Crippen LogP contribution in [0.25, 0.3) is 0 Å². The summed E-state index contributed by atoms with van der Waals surface area (Å²) in [5.74, 6) is -0.623. The van der Waals surface area contributed by atoms with Crippen LogP contribution in [0, 0.1) is 12.7 Å². The number of Topliss-reactive ketones (excluding diaryl/α,β-unsaturated/α-hetero) is 1. The normalized spacial score (nSPS) is 10.5. The lowest BCUT2D eigenvalue weighted by Gasteiger charge is -2.05. The molecule has 2 rings (SSSR count). The summed E-state index contributed by atoms with van der Waals surface area (Å²) < 4.78 is 13.3. The molecule has 0 amide bonds. The number of carbonyl (C=O) groups excluding carboxylic acids is 1. The predicted molar refractivity (Wildman–Crippen MR) is 75.2 cm³/mol. The molecular weight excluding hydrogens is 263 g/mol. The van der Waals surface area contributed by atoms with E-state index in [1.165, 1.54) is 12.1 Å². The van der Waals surface area contributed by atoms with Gasteiger partial charge in [-0.25, -0.2) is 4.39 Å². The minimum atomic E-state index is -0.552. The van der Waals surface area contributed by atoms with Crippen molar-refractivity contribution in [2.24, 2.45) is 0 Å². The van der Waals surface area contributed by atoms with E-state index >= 15 is 0 Å². The van der Waals surface area contributed by atoms with Crippen LogP contribution in [0.5, 0.6) is 0 Å². The molecular formula is C16H14ClFO. The standard InChI is InChI=1S/C16H14ClFO/c1-11-4-2-3-5-12(11)7-9-16(19)13-6-8-14(17)15(18)10-13/h2-6,8,10H,7,9H2,1H3. The van der Waals surface area contributed by atoms with E-state index in [2.05, 4.69) is 0 Å². The molecule has 0 atom stereocenters. The van der Waals surface area contributed by atoms with Crippen molar-refractivity contribution in [3.05, 3.63) is 70.0 Å². The molecule has 0 heterocycles. The summed E-state index contributed by atoms with van der Waals surface area (Å²) >= 11 is 5.59. The van der Waals surface area contributed by atoms with E-state index in [4.69, 9.17) is 11.6 Å². The molecule has 0 unspecified atom stereocenters. The fraction of sp³-hybridized carbons (Fsp3) is 0.188. The number of rotatable bonds is 4. The van der Waals surface area contributed by atoms with E-state index < -0.39 is 5.82 Å². The second kappa shape index (κ2) is 5.98. The van der Waals surface area contributed by atoms with E-state index in [0.29, 0.717) is 18.4 Å². The quantitative estimate of drug-likeness (QED) is 0.746. The van der Waals surface area contributed by atoms with Crippen LogP contribution in [0.15, 0.2) is 42.5 Å². The van der Waals surface area contributed by atoms with Gasteiger partial charge in [-0.15, -0.1) is 0 Å². The lowest BCUT2D eigenvalue weighted by atomic mass is 10.00. The van der Waals surface area contributed by atoms with Gasteiger partial charge in [0.2, 0.25) is 0 Å². The zero-order valence-corrected chi connectivity index (χ0v) is 11.4. The molecule has 0 saturated carbocycles. The number of halogens is 2. The summed E-state index contributed by atoms with van der Waals surface area (Å²) in [4.78, 5) is 12.0. The second-order valence-electron chi connectivity index (χ2n) is 4.48. The number of aryl methyl sites for hydroxylation is 2. The summed E-state index contributed by atoms with van der Waals surface area (Å²) in [7, 11) is 0. The highest BCUT2D eigenvalue weighted by atomic mass is 35.5. The molecule has 0 fully saturated rings. The van der Waals surface area contributed by atoms with Crippen molar-refractivity contribution in [1.82, 2.24) is 0 Å². The highest BCUT2D eigenvalue weighted by Gasteiger charge is 2.09. The molecule has 19 heavy (non-hydrogen) atoms. The predicted octanol–water partition coefficient (Wildman–Crippen LogP) is 4.60. The van der Waals surface area contributed by atoms with Gasteiger partial charge in [0.25, 0.3) is 0 Å². The van der Waals surface area contributed by atoms with Crippen molar-refractivity contribution in [2.75, 3.05) is 0 Å². The first-order valence-electron chi connectivity index (χ1n) is 6.10. The lowest BCUT2D eigenvalue weighted by molar-refractivity contribution is 0.0982. The third-order valence-electron chi connectivity index (χ3n) is 3.12. The number of benzene rings is 2. The Kier molecular flexibility index (Phi) is 4.33. The Morgan fingerprint density at radius 1 is 1.21 bits per heavy atom. The second-order valence-corrected chi connectivity index (χ2v) is 4.89. The van der Waals surface area contributed by atoms with Gasteiger partial charge >= 0.3 is 0 Å². The molecule has 0 radical (unpaired) electrons. The average molecular weight is 277 g/mol. The molecule has 0 saturated heterocycles. The van der Waals surface area contributed by atoms with Gasteiger partial charge in [-0.1, -0.05) is 35.9 Å². The topological polar surface area (TPSA) is 17.1 Å². The summed E-state index contributed by atoms with van der Waals surface area (Å²) in [6.07, 6.45) is 1.03. The van der Waals surface area contributed by atoms with Crippen molar-refractivity contribution in [3.63, 3.8) is 0 Å². The fourth-order valence-corrected chi connectivity index (χ4v) is 2.07. The van der Waals surface area contributed by atoms with Gasteiger partial charge in [0.05, 0.1) is 5.02 Å². The summed E-state index contributed by atoms with van der Waals surface area (Å²) in [6.45, 7) is 2.02. The Hall–Kier alpha value is -1.67. The number of hydrogen-bond acceptors (Lipinski definition) is 1. The van der Waals surface area contributed by atoms with Crippen molar-refractivity contribution in [3.8, 4) is 0 Å². The molecule has 2 aromatic carbocycles. The van der Waals surface area contributed by atoms with Gasteiger partial charge in [0, 0.05) is 12.0 Å². The van der Waals surface area contributed by atoms with Crippen LogP contribution in [-0.2, 0) is 6.42 Å². The Labute approximate surface area is 117 Å². The highest BCUT2D eigenvalue weighted by molar-refractivity contribution is 6.30. The van der Waals surface area contributed by atoms with E-state index in [9.17, 15) is 9.18 Å². The van der Waals surface area contributed by atoms with Crippen LogP contribution in [0.4, 0.5) is 4.39 Å². The van der Waals surface area contributed by atoms with Gasteiger partial charge in [-0.2, -0.15) is 0 Å². The fourth-order valence-electron chi connectivity index (χ4n) is 1.95. The lowest BCUT2D eigenvalue weighted by Crippen LogP contribution is -2.02. The maximum atomic E-state index is 13.3. The van der Waals surface area contributed by atoms with Crippen LogP contribution in [0.2, 0.25) is 5.02 Å². The van der Waals surface area contributed by atoms with Gasteiger partial charge in [0.15, 0.2) is 5.78 Å². The molecule has 0 aliphatic carbocycles. The Morgan fingerprint density at radius 2 is 1.95 bits per heavy atom. The molecule has 0 aromatic heterocycles. The SMILES string of the molecule is Cc1ccccc1CCC(=O)c1ccc(Cl)c(F)c1. The Balaban J connectivity index is 2.05. The number of hydrogen-bond donors (Lipinski definition) is 0. The van der Waals surface area contributed by atoms with Crippen LogP contribution in [0.3, 0.4) is 0 Å².